The van der Waals surface area contributed by atoms with E-state index in [0.29, 0.717) is 24.3 Å². The summed E-state index contributed by atoms with van der Waals surface area (Å²) in [7, 11) is 2.15. The van der Waals surface area contributed by atoms with Crippen molar-refractivity contribution in [2.75, 3.05) is 11.9 Å². The van der Waals surface area contributed by atoms with E-state index in [1.807, 2.05) is 12.4 Å². The molecule has 6 nitrogen and oxygen atoms in total. The van der Waals surface area contributed by atoms with Crippen molar-refractivity contribution >= 4 is 12.5 Å². The largest absolute Gasteiger partial charge is 0.487 e. The minimum atomic E-state index is 0.262. The van der Waals surface area contributed by atoms with Gasteiger partial charge in [-0.05, 0) is 54.3 Å². The standard InChI is InChI=1S/C24H24BN5O/c1-30(19-9-17-3-4-18(10-19)25(17)14-26)24-7-6-20-21-5-2-15(16-11-27-28-12-16)8-23(21)31-13-22(20)29-24/h2,5-8,11-12,17-19H,3-4,9-10,13H2,1H3,(H,27,28). The third-order valence-corrected chi connectivity index (χ3v) is 7.56. The lowest BCUT2D eigenvalue weighted by molar-refractivity contribution is 0.297. The summed E-state index contributed by atoms with van der Waals surface area (Å²) in [6.07, 6.45) is 8.31. The zero-order chi connectivity index (χ0) is 20.9. The third-order valence-electron chi connectivity index (χ3n) is 7.56. The molecule has 31 heavy (non-hydrogen) atoms. The molecule has 0 spiro atoms. The van der Waals surface area contributed by atoms with Gasteiger partial charge in [0.05, 0.1) is 11.9 Å². The number of hydrogen-bond donors (Lipinski definition) is 1. The van der Waals surface area contributed by atoms with Gasteiger partial charge in [-0.2, -0.15) is 5.10 Å². The van der Waals surface area contributed by atoms with Gasteiger partial charge in [-0.25, -0.2) is 10.2 Å². The van der Waals surface area contributed by atoms with Crippen LogP contribution in [0.4, 0.5) is 5.82 Å². The lowest BCUT2D eigenvalue weighted by Gasteiger charge is -2.37. The van der Waals surface area contributed by atoms with E-state index in [1.54, 1.807) is 0 Å². The van der Waals surface area contributed by atoms with E-state index in [1.165, 1.54) is 12.8 Å². The fourth-order valence-electron chi connectivity index (χ4n) is 5.85. The van der Waals surface area contributed by atoms with Crippen molar-refractivity contribution in [1.82, 2.24) is 15.2 Å². The van der Waals surface area contributed by atoms with Crippen molar-refractivity contribution in [2.24, 2.45) is 0 Å². The molecule has 6 rings (SSSR count). The van der Waals surface area contributed by atoms with Crippen LogP contribution in [0.1, 0.15) is 31.4 Å². The molecule has 5 heterocycles. The number of hydrogen-bond acceptors (Lipinski definition) is 5. The number of aromatic amines is 1. The van der Waals surface area contributed by atoms with E-state index in [-0.39, 0.29) is 6.71 Å². The van der Waals surface area contributed by atoms with Crippen LogP contribution in [-0.4, -0.2) is 35.0 Å². The van der Waals surface area contributed by atoms with Crippen LogP contribution < -0.4 is 9.64 Å². The summed E-state index contributed by atoms with van der Waals surface area (Å²) in [6, 6.07) is 11.1. The number of aromatic nitrogens is 3. The van der Waals surface area contributed by atoms with E-state index >= 15 is 0 Å². The number of nitrogens with zero attached hydrogens (tertiary/aromatic N) is 4. The van der Waals surface area contributed by atoms with Crippen LogP contribution in [0.5, 0.6) is 5.75 Å². The summed E-state index contributed by atoms with van der Waals surface area (Å²) in [4.78, 5) is 7.32. The van der Waals surface area contributed by atoms with Crippen molar-refractivity contribution in [3.63, 3.8) is 0 Å². The van der Waals surface area contributed by atoms with Crippen molar-refractivity contribution < 1.29 is 4.74 Å². The molecule has 2 bridgehead atoms. The highest BCUT2D eigenvalue weighted by atomic mass is 16.5. The molecule has 2 saturated heterocycles. The fourth-order valence-corrected chi connectivity index (χ4v) is 5.85. The summed E-state index contributed by atoms with van der Waals surface area (Å²) in [6.45, 7) is 0.739. The molecule has 1 N–H and O–H groups in total. The molecule has 2 fully saturated rings. The van der Waals surface area contributed by atoms with Crippen LogP contribution in [0.15, 0.2) is 42.7 Å². The first-order valence-electron chi connectivity index (χ1n) is 11.1. The van der Waals surface area contributed by atoms with Gasteiger partial charge in [-0.1, -0.05) is 18.9 Å². The maximum atomic E-state index is 9.50. The SMILES string of the molecule is CN(c1ccc2c(n1)COc1cc(-c3cn[nH]c3)ccc1-2)C1CC2CCC(C1)B2C#N. The van der Waals surface area contributed by atoms with E-state index in [2.05, 4.69) is 58.4 Å². The number of anilines is 1. The van der Waals surface area contributed by atoms with E-state index in [4.69, 9.17) is 9.72 Å². The minimum Gasteiger partial charge on any atom is -0.487 e. The Balaban J connectivity index is 1.26. The predicted octanol–water partition coefficient (Wildman–Crippen LogP) is 4.72. The maximum Gasteiger partial charge on any atom is 0.274 e. The van der Waals surface area contributed by atoms with Gasteiger partial charge in [-0.3, -0.25) is 5.10 Å². The normalized spacial score (nSPS) is 23.5. The molecule has 154 valence electrons. The number of benzene rings is 1. The highest BCUT2D eigenvalue weighted by Gasteiger charge is 2.47. The number of ether oxygens (including phenoxy) is 1. The number of pyridine rings is 1. The molecule has 2 atom stereocenters. The molecule has 1 aromatic carbocycles. The second-order valence-corrected chi connectivity index (χ2v) is 9.14. The highest BCUT2D eigenvalue weighted by molar-refractivity contribution is 6.70. The molecular weight excluding hydrogens is 385 g/mol. The first kappa shape index (κ1) is 18.5. The van der Waals surface area contributed by atoms with Gasteiger partial charge in [-0.15, -0.1) is 0 Å². The zero-order valence-corrected chi connectivity index (χ0v) is 17.6. The molecule has 2 unspecified atom stereocenters. The van der Waals surface area contributed by atoms with Crippen LogP contribution in [0.25, 0.3) is 22.3 Å². The fraction of sp³-hybridized carbons (Fsp3) is 0.375. The lowest BCUT2D eigenvalue weighted by atomic mass is 9.35. The number of fused-ring (bicyclic) bond motifs is 5. The topological polar surface area (TPSA) is 77.8 Å². The van der Waals surface area contributed by atoms with Gasteiger partial charge in [0.1, 0.15) is 18.2 Å². The molecule has 0 saturated carbocycles. The Morgan fingerprint density at radius 2 is 1.94 bits per heavy atom. The Bertz CT molecular complexity index is 1160. The average molecular weight is 409 g/mol. The molecular formula is C24H24BN5O. The maximum absolute atomic E-state index is 9.50. The van der Waals surface area contributed by atoms with Crippen molar-refractivity contribution in [3.05, 3.63) is 48.4 Å². The molecule has 0 amide bonds. The Morgan fingerprint density at radius 3 is 2.68 bits per heavy atom. The minimum absolute atomic E-state index is 0.262. The van der Waals surface area contributed by atoms with Crippen LogP contribution in [0, 0.1) is 11.2 Å². The molecule has 3 aromatic rings. The van der Waals surface area contributed by atoms with Crippen molar-refractivity contribution in [3.8, 4) is 34.0 Å². The quantitative estimate of drug-likeness (QED) is 0.634. The number of nitriles is 1. The van der Waals surface area contributed by atoms with Crippen LogP contribution in [0.2, 0.25) is 11.6 Å². The summed E-state index contributed by atoms with van der Waals surface area (Å²) in [5.41, 5.74) is 5.35. The summed E-state index contributed by atoms with van der Waals surface area (Å²) >= 11 is 0. The lowest BCUT2D eigenvalue weighted by Crippen LogP contribution is -2.40. The third kappa shape index (κ3) is 3.01. The molecule has 7 heteroatoms. The average Bonchev–Trinajstić information content (AvgIpc) is 3.43. The number of H-pyrrole nitrogens is 1. The second kappa shape index (κ2) is 7.16. The molecule has 0 radical (unpaired) electrons. The molecule has 0 aliphatic carbocycles. The van der Waals surface area contributed by atoms with Gasteiger partial charge in [0.2, 0.25) is 0 Å². The van der Waals surface area contributed by atoms with Crippen molar-refractivity contribution in [2.45, 2.75) is 50.0 Å². The van der Waals surface area contributed by atoms with Crippen LogP contribution >= 0.6 is 0 Å². The Kier molecular flexibility index (Phi) is 4.27. The Labute approximate surface area is 182 Å². The summed E-state index contributed by atoms with van der Waals surface area (Å²) in [5.74, 6) is 5.56. The number of rotatable bonds is 3. The van der Waals surface area contributed by atoms with Crippen LogP contribution in [0.3, 0.4) is 0 Å². The molecule has 2 aromatic heterocycles. The molecule has 3 aliphatic heterocycles. The van der Waals surface area contributed by atoms with E-state index in [9.17, 15) is 5.26 Å². The Morgan fingerprint density at radius 1 is 1.13 bits per heavy atom. The monoisotopic (exact) mass is 409 g/mol. The zero-order valence-electron chi connectivity index (χ0n) is 17.6. The highest BCUT2D eigenvalue weighted by Crippen LogP contribution is 2.50. The van der Waals surface area contributed by atoms with E-state index < -0.39 is 0 Å². The van der Waals surface area contributed by atoms with Gasteiger partial charge >= 0.3 is 0 Å². The Hall–Kier alpha value is -3.27. The van der Waals surface area contributed by atoms with Gasteiger partial charge in [0, 0.05) is 41.9 Å². The smallest absolute Gasteiger partial charge is 0.274 e. The van der Waals surface area contributed by atoms with Crippen LogP contribution in [-0.2, 0) is 6.61 Å². The first-order chi connectivity index (χ1) is 15.2. The summed E-state index contributed by atoms with van der Waals surface area (Å²) in [5, 5.41) is 16.4. The van der Waals surface area contributed by atoms with E-state index in [0.717, 1.165) is 52.4 Å². The van der Waals surface area contributed by atoms with Gasteiger partial charge in [0.25, 0.3) is 6.71 Å². The first-order valence-corrected chi connectivity index (χ1v) is 11.1. The van der Waals surface area contributed by atoms with Crippen molar-refractivity contribution in [1.29, 1.82) is 5.26 Å². The van der Waals surface area contributed by atoms with Gasteiger partial charge < -0.3 is 9.64 Å². The number of nitrogens with one attached hydrogen (secondary N) is 1. The molecule has 3 aliphatic rings. The summed E-state index contributed by atoms with van der Waals surface area (Å²) < 4.78 is 6.09. The second-order valence-electron chi connectivity index (χ2n) is 9.14. The predicted molar refractivity (Wildman–Crippen MR) is 121 cm³/mol. The van der Waals surface area contributed by atoms with Gasteiger partial charge in [0.15, 0.2) is 0 Å².